The fourth-order valence-corrected chi connectivity index (χ4v) is 3.60. The average Bonchev–Trinajstić information content (AvgIpc) is 3.33. The first kappa shape index (κ1) is 20.8. The zero-order valence-electron chi connectivity index (χ0n) is 17.2. The Hall–Kier alpha value is -2.94. The van der Waals surface area contributed by atoms with Crippen molar-refractivity contribution in [2.75, 3.05) is 20.2 Å². The summed E-state index contributed by atoms with van der Waals surface area (Å²) in [5.41, 5.74) is 2.04. The fraction of sp³-hybridized carbons (Fsp3) is 0.400. The highest BCUT2D eigenvalue weighted by molar-refractivity contribution is 7.11. The first-order chi connectivity index (χ1) is 14.1. The van der Waals surface area contributed by atoms with Crippen molar-refractivity contribution in [3.8, 4) is 17.1 Å². The molecule has 0 aliphatic rings. The van der Waals surface area contributed by atoms with Crippen LogP contribution in [0.3, 0.4) is 0 Å². The van der Waals surface area contributed by atoms with E-state index in [2.05, 4.69) is 42.7 Å². The summed E-state index contributed by atoms with van der Waals surface area (Å²) in [7, 11) is 1.65. The van der Waals surface area contributed by atoms with E-state index < -0.39 is 0 Å². The molecule has 0 fully saturated rings. The lowest BCUT2D eigenvalue weighted by Crippen LogP contribution is -2.38. The van der Waals surface area contributed by atoms with Crippen LogP contribution in [0.2, 0.25) is 0 Å². The Morgan fingerprint density at radius 1 is 1.17 bits per heavy atom. The van der Waals surface area contributed by atoms with Gasteiger partial charge < -0.3 is 15.4 Å². The Labute approximate surface area is 174 Å². The van der Waals surface area contributed by atoms with Crippen LogP contribution in [0.25, 0.3) is 11.4 Å². The molecule has 2 aromatic heterocycles. The number of H-pyrrole nitrogens is 1. The molecule has 154 valence electrons. The second kappa shape index (κ2) is 10.0. The van der Waals surface area contributed by atoms with Crippen LogP contribution in [0.5, 0.6) is 5.75 Å². The summed E-state index contributed by atoms with van der Waals surface area (Å²) in [6.07, 6.45) is 0.869. The van der Waals surface area contributed by atoms with Gasteiger partial charge in [0.05, 0.1) is 17.8 Å². The van der Waals surface area contributed by atoms with E-state index in [0.717, 1.165) is 47.5 Å². The summed E-state index contributed by atoms with van der Waals surface area (Å²) < 4.78 is 5.18. The van der Waals surface area contributed by atoms with Crippen LogP contribution in [-0.4, -0.2) is 46.3 Å². The molecule has 0 amide bonds. The molecule has 0 atom stereocenters. The number of guanidine groups is 1. The number of aromatic nitrogens is 4. The normalized spacial score (nSPS) is 11.5. The fourth-order valence-electron chi connectivity index (χ4n) is 2.66. The highest BCUT2D eigenvalue weighted by atomic mass is 32.1. The molecule has 0 saturated heterocycles. The van der Waals surface area contributed by atoms with Gasteiger partial charge in [0, 0.05) is 30.0 Å². The predicted octanol–water partition coefficient (Wildman–Crippen LogP) is 2.85. The van der Waals surface area contributed by atoms with Crippen molar-refractivity contribution >= 4 is 17.3 Å². The zero-order chi connectivity index (χ0) is 20.6. The van der Waals surface area contributed by atoms with Crippen molar-refractivity contribution in [3.05, 3.63) is 45.7 Å². The summed E-state index contributed by atoms with van der Waals surface area (Å²) in [5, 5.41) is 15.0. The van der Waals surface area contributed by atoms with E-state index >= 15 is 0 Å². The highest BCUT2D eigenvalue weighted by Gasteiger charge is 2.07. The maximum Gasteiger partial charge on any atom is 0.191 e. The number of aliphatic imine (C=N–C) groups is 1. The number of hydrogen-bond donors (Lipinski definition) is 3. The Balaban J connectivity index is 1.57. The van der Waals surface area contributed by atoms with Crippen molar-refractivity contribution in [3.63, 3.8) is 0 Å². The Morgan fingerprint density at radius 3 is 2.62 bits per heavy atom. The van der Waals surface area contributed by atoms with Crippen LogP contribution < -0.4 is 15.4 Å². The number of aryl methyl sites for hydroxylation is 2. The minimum absolute atomic E-state index is 0.411. The third-order valence-corrected chi connectivity index (χ3v) is 5.45. The Bertz CT molecular complexity index is 927. The van der Waals surface area contributed by atoms with Gasteiger partial charge in [-0.1, -0.05) is 0 Å². The molecule has 2 heterocycles. The first-order valence-corrected chi connectivity index (χ1v) is 10.4. The molecule has 0 spiro atoms. The van der Waals surface area contributed by atoms with E-state index in [1.54, 1.807) is 18.4 Å². The summed E-state index contributed by atoms with van der Waals surface area (Å²) in [6.45, 7) is 8.16. The Kier molecular flexibility index (Phi) is 7.18. The van der Waals surface area contributed by atoms with Gasteiger partial charge in [-0.25, -0.2) is 15.0 Å². The van der Waals surface area contributed by atoms with Crippen LogP contribution >= 0.6 is 11.3 Å². The van der Waals surface area contributed by atoms with Gasteiger partial charge in [-0.3, -0.25) is 5.10 Å². The van der Waals surface area contributed by atoms with Gasteiger partial charge >= 0.3 is 0 Å². The van der Waals surface area contributed by atoms with Crippen LogP contribution in [-0.2, 0) is 13.0 Å². The zero-order valence-corrected chi connectivity index (χ0v) is 18.1. The van der Waals surface area contributed by atoms with Crippen LogP contribution in [0.1, 0.15) is 28.3 Å². The smallest absolute Gasteiger partial charge is 0.191 e. The van der Waals surface area contributed by atoms with Crippen molar-refractivity contribution in [2.24, 2.45) is 4.99 Å². The molecule has 0 bridgehead atoms. The summed E-state index contributed by atoms with van der Waals surface area (Å²) in [6, 6.07) is 7.65. The number of rotatable bonds is 8. The topological polar surface area (TPSA) is 100 Å². The molecule has 0 aliphatic heterocycles. The van der Waals surface area contributed by atoms with Gasteiger partial charge in [-0.15, -0.1) is 11.3 Å². The first-order valence-electron chi connectivity index (χ1n) is 9.59. The molecular formula is C20H27N7OS. The van der Waals surface area contributed by atoms with Gasteiger partial charge in [0.15, 0.2) is 11.8 Å². The largest absolute Gasteiger partial charge is 0.497 e. The molecule has 0 saturated carbocycles. The molecule has 1 aromatic carbocycles. The molecule has 3 rings (SSSR count). The summed E-state index contributed by atoms with van der Waals surface area (Å²) in [5.74, 6) is 2.91. The van der Waals surface area contributed by atoms with Gasteiger partial charge in [0.1, 0.15) is 18.1 Å². The molecule has 9 heteroatoms. The van der Waals surface area contributed by atoms with Gasteiger partial charge in [-0.05, 0) is 45.0 Å². The number of nitrogens with one attached hydrogen (secondary N) is 3. The number of hydrogen-bond acceptors (Lipinski definition) is 6. The van der Waals surface area contributed by atoms with Crippen LogP contribution in [0, 0.1) is 13.8 Å². The van der Waals surface area contributed by atoms with E-state index in [1.807, 2.05) is 38.1 Å². The number of benzene rings is 1. The molecule has 8 nitrogen and oxygen atoms in total. The lowest BCUT2D eigenvalue weighted by atomic mass is 10.2. The lowest BCUT2D eigenvalue weighted by molar-refractivity contribution is 0.415. The van der Waals surface area contributed by atoms with Crippen LogP contribution in [0.4, 0.5) is 0 Å². The van der Waals surface area contributed by atoms with Gasteiger partial charge in [-0.2, -0.15) is 5.10 Å². The lowest BCUT2D eigenvalue weighted by Gasteiger charge is -2.10. The highest BCUT2D eigenvalue weighted by Crippen LogP contribution is 2.19. The van der Waals surface area contributed by atoms with Crippen molar-refractivity contribution in [1.82, 2.24) is 30.8 Å². The van der Waals surface area contributed by atoms with E-state index in [1.165, 1.54) is 4.88 Å². The van der Waals surface area contributed by atoms with Crippen LogP contribution in [0.15, 0.2) is 29.3 Å². The van der Waals surface area contributed by atoms with Crippen molar-refractivity contribution in [2.45, 2.75) is 33.7 Å². The summed E-state index contributed by atoms with van der Waals surface area (Å²) >= 11 is 1.75. The molecule has 29 heavy (non-hydrogen) atoms. The number of ether oxygens (including phenoxy) is 1. The minimum atomic E-state index is 0.411. The molecule has 3 N–H and O–H groups in total. The maximum atomic E-state index is 5.18. The van der Waals surface area contributed by atoms with Crippen molar-refractivity contribution < 1.29 is 4.74 Å². The average molecular weight is 414 g/mol. The van der Waals surface area contributed by atoms with Crippen molar-refractivity contribution in [1.29, 1.82) is 0 Å². The molecular weight excluding hydrogens is 386 g/mol. The summed E-state index contributed by atoms with van der Waals surface area (Å²) in [4.78, 5) is 15.0. The second-order valence-electron chi connectivity index (χ2n) is 6.46. The molecule has 0 unspecified atom stereocenters. The molecule has 0 aliphatic carbocycles. The number of thiazole rings is 1. The molecule has 0 radical (unpaired) electrons. The van der Waals surface area contributed by atoms with Gasteiger partial charge in [0.2, 0.25) is 0 Å². The number of aromatic amines is 1. The monoisotopic (exact) mass is 413 g/mol. The third kappa shape index (κ3) is 5.77. The van der Waals surface area contributed by atoms with E-state index in [-0.39, 0.29) is 0 Å². The van der Waals surface area contributed by atoms with E-state index in [4.69, 9.17) is 4.74 Å². The third-order valence-electron chi connectivity index (χ3n) is 4.32. The van der Waals surface area contributed by atoms with Gasteiger partial charge in [0.25, 0.3) is 0 Å². The standard InChI is InChI=1S/C20H27N7OS/c1-5-21-20(22-11-10-18-24-13(2)14(3)29-18)23-12-17-25-19(27-26-17)15-6-8-16(28-4)9-7-15/h6-9H,5,10-12H2,1-4H3,(H2,21,22,23)(H,25,26,27). The SMILES string of the molecule is CCNC(=NCc1nc(-c2ccc(OC)cc2)n[nH]1)NCCc1nc(C)c(C)s1. The molecule has 3 aromatic rings. The number of methoxy groups -OCH3 is 1. The van der Waals surface area contributed by atoms with E-state index in [9.17, 15) is 0 Å². The predicted molar refractivity (Wildman–Crippen MR) is 116 cm³/mol. The maximum absolute atomic E-state index is 5.18. The second-order valence-corrected chi connectivity index (χ2v) is 7.74. The minimum Gasteiger partial charge on any atom is -0.497 e. The number of nitrogens with zero attached hydrogens (tertiary/aromatic N) is 4. The Morgan fingerprint density at radius 2 is 1.97 bits per heavy atom. The van der Waals surface area contributed by atoms with E-state index in [0.29, 0.717) is 18.2 Å². The quantitative estimate of drug-likeness (QED) is 0.388.